The Hall–Kier alpha value is -4.12. The SMILES string of the molecule is CC[C@@H](C)NC(=O)[C@@H](Cc1ccccc1)N(Cc1ccc(F)cc1)C(=O)CCCN(c1ccc2c(c1)OCCO2)S(C)(=O)=O. The predicted molar refractivity (Wildman–Crippen MR) is 168 cm³/mol. The number of anilines is 1. The van der Waals surface area contributed by atoms with Crippen LogP contribution in [0.15, 0.2) is 72.8 Å². The van der Waals surface area contributed by atoms with Crippen LogP contribution in [0.2, 0.25) is 0 Å². The number of benzene rings is 3. The first-order valence-corrected chi connectivity index (χ1v) is 16.7. The fourth-order valence-electron chi connectivity index (χ4n) is 4.97. The van der Waals surface area contributed by atoms with E-state index in [2.05, 4.69) is 5.32 Å². The Kier molecular flexibility index (Phi) is 11.2. The summed E-state index contributed by atoms with van der Waals surface area (Å²) >= 11 is 0. The lowest BCUT2D eigenvalue weighted by Crippen LogP contribution is -2.52. The molecule has 0 saturated carbocycles. The van der Waals surface area contributed by atoms with E-state index < -0.39 is 21.9 Å². The fraction of sp³-hybridized carbons (Fsp3) is 0.394. The van der Waals surface area contributed by atoms with Gasteiger partial charge in [0.25, 0.3) is 0 Å². The van der Waals surface area contributed by atoms with Crippen molar-refractivity contribution < 1.29 is 31.9 Å². The summed E-state index contributed by atoms with van der Waals surface area (Å²) in [6.45, 7) is 4.77. The Labute approximate surface area is 259 Å². The maximum Gasteiger partial charge on any atom is 0.243 e. The van der Waals surface area contributed by atoms with E-state index in [0.717, 1.165) is 18.2 Å². The van der Waals surface area contributed by atoms with Gasteiger partial charge in [0, 0.05) is 38.0 Å². The van der Waals surface area contributed by atoms with Crippen molar-refractivity contribution >= 4 is 27.5 Å². The molecule has 4 rings (SSSR count). The van der Waals surface area contributed by atoms with Crippen molar-refractivity contribution in [1.82, 2.24) is 10.2 Å². The highest BCUT2D eigenvalue weighted by Gasteiger charge is 2.31. The quantitative estimate of drug-likeness (QED) is 0.279. The number of amides is 2. The minimum atomic E-state index is -3.69. The van der Waals surface area contributed by atoms with Crippen LogP contribution < -0.4 is 19.1 Å². The zero-order chi connectivity index (χ0) is 31.7. The molecule has 0 fully saturated rings. The van der Waals surface area contributed by atoms with Crippen LogP contribution in [0.3, 0.4) is 0 Å². The molecule has 3 aromatic carbocycles. The summed E-state index contributed by atoms with van der Waals surface area (Å²) in [7, 11) is -3.69. The summed E-state index contributed by atoms with van der Waals surface area (Å²) in [5, 5.41) is 3.02. The Morgan fingerprint density at radius 2 is 1.64 bits per heavy atom. The van der Waals surface area contributed by atoms with Crippen molar-refractivity contribution in [3.8, 4) is 11.5 Å². The summed E-state index contributed by atoms with van der Waals surface area (Å²) in [6, 6.07) is 19.3. The van der Waals surface area contributed by atoms with E-state index >= 15 is 0 Å². The van der Waals surface area contributed by atoms with E-state index in [0.29, 0.717) is 36.0 Å². The monoisotopic (exact) mass is 625 g/mol. The van der Waals surface area contributed by atoms with Gasteiger partial charge in [-0.25, -0.2) is 12.8 Å². The van der Waals surface area contributed by atoms with Crippen LogP contribution in [0.1, 0.15) is 44.2 Å². The number of fused-ring (bicyclic) bond motifs is 1. The molecule has 9 nitrogen and oxygen atoms in total. The number of halogens is 1. The number of nitrogens with one attached hydrogen (secondary N) is 1. The number of carbonyl (C=O) groups is 2. The maximum atomic E-state index is 13.9. The number of carbonyl (C=O) groups excluding carboxylic acids is 2. The molecule has 0 radical (unpaired) electrons. The molecule has 0 aromatic heterocycles. The van der Waals surface area contributed by atoms with Gasteiger partial charge in [0.1, 0.15) is 25.1 Å². The van der Waals surface area contributed by atoms with E-state index in [1.165, 1.54) is 21.3 Å². The highest BCUT2D eigenvalue weighted by atomic mass is 32.2. The molecule has 3 aromatic rings. The number of ether oxygens (including phenoxy) is 2. The molecule has 2 atom stereocenters. The molecule has 0 saturated heterocycles. The molecule has 1 aliphatic rings. The van der Waals surface area contributed by atoms with Crippen LogP contribution in [-0.2, 0) is 32.6 Å². The summed E-state index contributed by atoms with van der Waals surface area (Å²) < 4.78 is 51.7. The summed E-state index contributed by atoms with van der Waals surface area (Å²) in [4.78, 5) is 29.1. The third-order valence-electron chi connectivity index (χ3n) is 7.50. The highest BCUT2D eigenvalue weighted by molar-refractivity contribution is 7.92. The van der Waals surface area contributed by atoms with Gasteiger partial charge in [0.05, 0.1) is 11.9 Å². The molecule has 0 unspecified atom stereocenters. The number of hydrogen-bond donors (Lipinski definition) is 1. The van der Waals surface area contributed by atoms with Crippen molar-refractivity contribution in [2.45, 2.75) is 58.2 Å². The molecule has 0 aliphatic carbocycles. The van der Waals surface area contributed by atoms with Crippen LogP contribution in [0.5, 0.6) is 11.5 Å². The number of nitrogens with zero attached hydrogens (tertiary/aromatic N) is 2. The van der Waals surface area contributed by atoms with Crippen LogP contribution in [-0.4, -0.2) is 63.2 Å². The third-order valence-corrected chi connectivity index (χ3v) is 8.70. The Morgan fingerprint density at radius 3 is 2.30 bits per heavy atom. The number of rotatable bonds is 14. The lowest BCUT2D eigenvalue weighted by Gasteiger charge is -2.32. The van der Waals surface area contributed by atoms with Crippen molar-refractivity contribution in [2.75, 3.05) is 30.3 Å². The van der Waals surface area contributed by atoms with Crippen LogP contribution in [0.4, 0.5) is 10.1 Å². The van der Waals surface area contributed by atoms with Crippen molar-refractivity contribution in [2.24, 2.45) is 0 Å². The smallest absolute Gasteiger partial charge is 0.243 e. The average Bonchev–Trinajstić information content (AvgIpc) is 3.01. The molecule has 2 amide bonds. The maximum absolute atomic E-state index is 13.9. The van der Waals surface area contributed by atoms with Crippen LogP contribution in [0.25, 0.3) is 0 Å². The number of sulfonamides is 1. The summed E-state index contributed by atoms with van der Waals surface area (Å²) in [5.74, 6) is 0.0000775. The molecule has 0 bridgehead atoms. The van der Waals surface area contributed by atoms with Gasteiger partial charge in [-0.2, -0.15) is 0 Å². The van der Waals surface area contributed by atoms with Gasteiger partial charge in [-0.1, -0.05) is 49.4 Å². The minimum absolute atomic E-state index is 0.0142. The molecular formula is C33H40FN3O6S. The predicted octanol–water partition coefficient (Wildman–Crippen LogP) is 4.70. The largest absolute Gasteiger partial charge is 0.486 e. The molecule has 1 aliphatic heterocycles. The van der Waals surface area contributed by atoms with Gasteiger partial charge in [-0.3, -0.25) is 13.9 Å². The molecule has 1 N–H and O–H groups in total. The van der Waals surface area contributed by atoms with Crippen LogP contribution >= 0.6 is 0 Å². The van der Waals surface area contributed by atoms with Crippen LogP contribution in [0, 0.1) is 5.82 Å². The van der Waals surface area contributed by atoms with E-state index in [9.17, 15) is 22.4 Å². The van der Waals surface area contributed by atoms with Crippen molar-refractivity contribution in [3.05, 3.63) is 89.7 Å². The third kappa shape index (κ3) is 8.95. The Bertz CT molecular complexity index is 1520. The fourth-order valence-corrected chi connectivity index (χ4v) is 5.93. The second-order valence-corrected chi connectivity index (χ2v) is 12.8. The van der Waals surface area contributed by atoms with Gasteiger partial charge < -0.3 is 19.7 Å². The van der Waals surface area contributed by atoms with Gasteiger partial charge in [-0.15, -0.1) is 0 Å². The van der Waals surface area contributed by atoms with Crippen molar-refractivity contribution in [1.29, 1.82) is 0 Å². The lowest BCUT2D eigenvalue weighted by molar-refractivity contribution is -0.141. The minimum Gasteiger partial charge on any atom is -0.486 e. The first-order chi connectivity index (χ1) is 21.0. The molecule has 236 valence electrons. The van der Waals surface area contributed by atoms with Crippen molar-refractivity contribution in [3.63, 3.8) is 0 Å². The normalized spacial score (nSPS) is 13.9. The molecule has 11 heteroatoms. The second kappa shape index (κ2) is 15.1. The first-order valence-electron chi connectivity index (χ1n) is 14.8. The van der Waals surface area contributed by atoms with E-state index in [1.807, 2.05) is 44.2 Å². The van der Waals surface area contributed by atoms with E-state index in [1.54, 1.807) is 30.3 Å². The zero-order valence-corrected chi connectivity index (χ0v) is 26.2. The van der Waals surface area contributed by atoms with Gasteiger partial charge in [-0.05, 0) is 55.2 Å². The van der Waals surface area contributed by atoms with E-state index in [4.69, 9.17) is 9.47 Å². The van der Waals surface area contributed by atoms with E-state index in [-0.39, 0.29) is 50.2 Å². The topological polar surface area (TPSA) is 105 Å². The summed E-state index contributed by atoms with van der Waals surface area (Å²) in [6.07, 6.45) is 2.30. The van der Waals surface area contributed by atoms with Gasteiger partial charge in [0.2, 0.25) is 21.8 Å². The number of hydrogen-bond acceptors (Lipinski definition) is 6. The molecule has 1 heterocycles. The molecular weight excluding hydrogens is 585 g/mol. The average molecular weight is 626 g/mol. The standard InChI is InChI=1S/C33H40FN3O6S/c1-4-24(2)35-33(39)29(21-25-9-6-5-7-10-25)36(23-26-12-14-27(34)15-13-26)32(38)11-8-18-37(44(3,40)41)28-16-17-30-31(22-28)43-20-19-42-30/h5-7,9-10,12-17,22,24,29H,4,8,11,18-21,23H2,1-3H3,(H,35,39)/t24-,29-/m1/s1. The highest BCUT2D eigenvalue weighted by Crippen LogP contribution is 2.35. The summed E-state index contributed by atoms with van der Waals surface area (Å²) in [5.41, 5.74) is 1.96. The Balaban J connectivity index is 1.58. The Morgan fingerprint density at radius 1 is 0.955 bits per heavy atom. The van der Waals surface area contributed by atoms with Gasteiger partial charge >= 0.3 is 0 Å². The molecule has 0 spiro atoms. The second-order valence-electron chi connectivity index (χ2n) is 10.9. The lowest BCUT2D eigenvalue weighted by atomic mass is 10.0. The first kappa shape index (κ1) is 32.8. The van der Waals surface area contributed by atoms with Gasteiger partial charge in [0.15, 0.2) is 11.5 Å². The zero-order valence-electron chi connectivity index (χ0n) is 25.4. The molecule has 44 heavy (non-hydrogen) atoms.